The summed E-state index contributed by atoms with van der Waals surface area (Å²) < 4.78 is 11.6. The van der Waals surface area contributed by atoms with E-state index in [4.69, 9.17) is 9.47 Å². The Balaban J connectivity index is 1.62. The van der Waals surface area contributed by atoms with Crippen LogP contribution in [0.4, 0.5) is 5.13 Å². The van der Waals surface area contributed by atoms with Crippen LogP contribution in [0.2, 0.25) is 0 Å². The van der Waals surface area contributed by atoms with Gasteiger partial charge in [0.2, 0.25) is 5.13 Å². The highest BCUT2D eigenvalue weighted by molar-refractivity contribution is 9.10. The first-order valence-corrected chi connectivity index (χ1v) is 10.2. The minimum absolute atomic E-state index is 0.345. The SMILES string of the molecule is CCOC(=O)c1ccc(Oc2ccc(C=NNc3nc(C)cs3)c(Br)c2)cc1. The lowest BCUT2D eigenvalue weighted by Crippen LogP contribution is -2.04. The second-order valence-electron chi connectivity index (χ2n) is 5.69. The number of carbonyl (C=O) groups is 1. The number of thiazole rings is 1. The summed E-state index contributed by atoms with van der Waals surface area (Å²) in [6.07, 6.45) is 1.71. The van der Waals surface area contributed by atoms with E-state index in [9.17, 15) is 4.79 Å². The Morgan fingerprint density at radius 3 is 2.64 bits per heavy atom. The Labute approximate surface area is 175 Å². The van der Waals surface area contributed by atoms with Gasteiger partial charge in [0.1, 0.15) is 11.5 Å². The zero-order valence-electron chi connectivity index (χ0n) is 15.3. The first-order chi connectivity index (χ1) is 13.5. The van der Waals surface area contributed by atoms with Gasteiger partial charge < -0.3 is 9.47 Å². The quantitative estimate of drug-likeness (QED) is 0.281. The maximum atomic E-state index is 11.7. The number of carbonyl (C=O) groups excluding carboxylic acids is 1. The fraction of sp³-hybridized carbons (Fsp3) is 0.150. The molecule has 3 rings (SSSR count). The third kappa shape index (κ3) is 5.40. The fourth-order valence-electron chi connectivity index (χ4n) is 2.25. The molecule has 1 heterocycles. The zero-order chi connectivity index (χ0) is 19.9. The van der Waals surface area contributed by atoms with Crippen molar-refractivity contribution in [2.45, 2.75) is 13.8 Å². The summed E-state index contributed by atoms with van der Waals surface area (Å²) in [5.74, 6) is 0.945. The maximum Gasteiger partial charge on any atom is 0.338 e. The Hall–Kier alpha value is -2.71. The van der Waals surface area contributed by atoms with Crippen LogP contribution in [-0.4, -0.2) is 23.8 Å². The van der Waals surface area contributed by atoms with Crippen LogP contribution in [-0.2, 0) is 4.74 Å². The van der Waals surface area contributed by atoms with Crippen LogP contribution in [0.1, 0.15) is 28.5 Å². The van der Waals surface area contributed by atoms with E-state index in [0.717, 1.165) is 20.9 Å². The summed E-state index contributed by atoms with van der Waals surface area (Å²) in [5, 5.41) is 6.90. The van der Waals surface area contributed by atoms with Gasteiger partial charge in [-0.1, -0.05) is 0 Å². The van der Waals surface area contributed by atoms with Crippen LogP contribution in [0.5, 0.6) is 11.5 Å². The molecule has 3 aromatic rings. The highest BCUT2D eigenvalue weighted by atomic mass is 79.9. The monoisotopic (exact) mass is 459 g/mol. The molecule has 0 unspecified atom stereocenters. The number of aryl methyl sites for hydroxylation is 1. The van der Waals surface area contributed by atoms with E-state index in [1.165, 1.54) is 11.3 Å². The predicted octanol–water partition coefficient (Wildman–Crippen LogP) is 5.63. The van der Waals surface area contributed by atoms with Crippen LogP contribution in [0.3, 0.4) is 0 Å². The number of hydrogen-bond acceptors (Lipinski definition) is 7. The number of hydrogen-bond donors (Lipinski definition) is 1. The molecule has 0 atom stereocenters. The van der Waals surface area contributed by atoms with Crippen LogP contribution in [0, 0.1) is 6.92 Å². The summed E-state index contributed by atoms with van der Waals surface area (Å²) in [5.41, 5.74) is 5.25. The van der Waals surface area contributed by atoms with Crippen LogP contribution in [0.25, 0.3) is 0 Å². The summed E-state index contributed by atoms with van der Waals surface area (Å²) >= 11 is 5.03. The highest BCUT2D eigenvalue weighted by Gasteiger charge is 2.07. The number of halogens is 1. The normalized spacial score (nSPS) is 10.8. The Morgan fingerprint density at radius 2 is 2.00 bits per heavy atom. The van der Waals surface area contributed by atoms with Gasteiger partial charge in [0.15, 0.2) is 0 Å². The minimum Gasteiger partial charge on any atom is -0.462 e. The first kappa shape index (κ1) is 20.0. The van der Waals surface area contributed by atoms with Crippen LogP contribution in [0.15, 0.2) is 57.4 Å². The van der Waals surface area contributed by atoms with Gasteiger partial charge in [0, 0.05) is 15.4 Å². The van der Waals surface area contributed by atoms with Crippen LogP contribution >= 0.6 is 27.3 Å². The Morgan fingerprint density at radius 1 is 1.25 bits per heavy atom. The molecule has 2 aromatic carbocycles. The average molecular weight is 460 g/mol. The smallest absolute Gasteiger partial charge is 0.338 e. The summed E-state index contributed by atoms with van der Waals surface area (Å²) in [6.45, 7) is 4.06. The van der Waals surface area contributed by atoms with Gasteiger partial charge in [-0.05, 0) is 72.2 Å². The van der Waals surface area contributed by atoms with Gasteiger partial charge in [-0.3, -0.25) is 5.43 Å². The molecule has 28 heavy (non-hydrogen) atoms. The van der Waals surface area contributed by atoms with Crippen molar-refractivity contribution in [3.8, 4) is 11.5 Å². The highest BCUT2D eigenvalue weighted by Crippen LogP contribution is 2.27. The molecular weight excluding hydrogens is 442 g/mol. The maximum absolute atomic E-state index is 11.7. The number of rotatable bonds is 7. The van der Waals surface area contributed by atoms with Crippen molar-refractivity contribution in [3.05, 3.63) is 69.1 Å². The molecule has 0 spiro atoms. The molecule has 8 heteroatoms. The molecule has 0 aliphatic rings. The summed E-state index contributed by atoms with van der Waals surface area (Å²) in [6, 6.07) is 12.4. The van der Waals surface area contributed by atoms with E-state index in [0.29, 0.717) is 23.7 Å². The number of hydrazone groups is 1. The van der Waals surface area contributed by atoms with E-state index in [2.05, 4.69) is 31.4 Å². The molecule has 0 saturated heterocycles. The summed E-state index contributed by atoms with van der Waals surface area (Å²) in [7, 11) is 0. The van der Waals surface area contributed by atoms with E-state index in [1.54, 1.807) is 37.4 Å². The molecule has 6 nitrogen and oxygen atoms in total. The number of nitrogens with one attached hydrogen (secondary N) is 1. The standard InChI is InChI=1S/C20H18BrN3O3S/c1-3-26-19(25)14-4-7-16(8-5-14)27-17-9-6-15(18(21)10-17)11-22-24-20-23-13(2)12-28-20/h4-12H,3H2,1-2H3,(H,23,24). The molecule has 0 amide bonds. The molecule has 0 aliphatic heterocycles. The summed E-state index contributed by atoms with van der Waals surface area (Å²) in [4.78, 5) is 16.0. The van der Waals surface area contributed by atoms with Crippen molar-refractivity contribution in [1.82, 2.24) is 4.98 Å². The second kappa shape index (κ2) is 9.48. The van der Waals surface area contributed by atoms with Gasteiger partial charge in [-0.15, -0.1) is 11.3 Å². The lowest BCUT2D eigenvalue weighted by atomic mass is 10.2. The van der Waals surface area contributed by atoms with Crippen molar-refractivity contribution in [2.75, 3.05) is 12.0 Å². The number of esters is 1. The number of benzene rings is 2. The van der Waals surface area contributed by atoms with Crippen molar-refractivity contribution in [1.29, 1.82) is 0 Å². The second-order valence-corrected chi connectivity index (χ2v) is 7.41. The van der Waals surface area contributed by atoms with Crippen LogP contribution < -0.4 is 10.2 Å². The van der Waals surface area contributed by atoms with E-state index >= 15 is 0 Å². The van der Waals surface area contributed by atoms with Crippen molar-refractivity contribution < 1.29 is 14.3 Å². The molecule has 1 aromatic heterocycles. The third-order valence-corrected chi connectivity index (χ3v) is 5.11. The van der Waals surface area contributed by atoms with E-state index < -0.39 is 0 Å². The molecule has 0 aliphatic carbocycles. The first-order valence-electron chi connectivity index (χ1n) is 8.51. The molecule has 0 radical (unpaired) electrons. The molecule has 0 saturated carbocycles. The molecule has 144 valence electrons. The van der Waals surface area contributed by atoms with Crippen molar-refractivity contribution >= 4 is 44.6 Å². The van der Waals surface area contributed by atoms with Gasteiger partial charge in [-0.25, -0.2) is 9.78 Å². The molecule has 1 N–H and O–H groups in total. The molecule has 0 bridgehead atoms. The predicted molar refractivity (Wildman–Crippen MR) is 115 cm³/mol. The van der Waals surface area contributed by atoms with Gasteiger partial charge in [0.25, 0.3) is 0 Å². The van der Waals surface area contributed by atoms with Gasteiger partial charge in [0.05, 0.1) is 24.1 Å². The van der Waals surface area contributed by atoms with E-state index in [1.807, 2.05) is 30.5 Å². The molecular formula is C20H18BrN3O3S. The third-order valence-electron chi connectivity index (χ3n) is 3.56. The van der Waals surface area contributed by atoms with E-state index in [-0.39, 0.29) is 5.97 Å². The molecule has 0 fully saturated rings. The van der Waals surface area contributed by atoms with Gasteiger partial charge in [-0.2, -0.15) is 5.10 Å². The topological polar surface area (TPSA) is 72.8 Å². The number of anilines is 1. The number of aromatic nitrogens is 1. The zero-order valence-corrected chi connectivity index (χ0v) is 17.7. The van der Waals surface area contributed by atoms with Gasteiger partial charge >= 0.3 is 5.97 Å². The lowest BCUT2D eigenvalue weighted by molar-refractivity contribution is 0.0526. The minimum atomic E-state index is -0.345. The number of ether oxygens (including phenoxy) is 2. The number of nitrogens with zero attached hydrogens (tertiary/aromatic N) is 2. The largest absolute Gasteiger partial charge is 0.462 e. The lowest BCUT2D eigenvalue weighted by Gasteiger charge is -2.08. The van der Waals surface area contributed by atoms with Crippen molar-refractivity contribution in [2.24, 2.45) is 5.10 Å². The Kier molecular flexibility index (Phi) is 6.78. The fourth-order valence-corrected chi connectivity index (χ4v) is 3.35. The average Bonchev–Trinajstić information content (AvgIpc) is 3.09. The van der Waals surface area contributed by atoms with Crippen molar-refractivity contribution in [3.63, 3.8) is 0 Å². The Bertz CT molecular complexity index is 987.